The molecule has 1 nitrogen and oxygen atoms in total. The van der Waals surface area contributed by atoms with E-state index in [1.54, 1.807) is 0 Å². The first-order chi connectivity index (χ1) is 5.25. The fourth-order valence-corrected chi connectivity index (χ4v) is 2.03. The number of anilines is 1. The molecular formula is C8H8Br2N. The zero-order valence-electron chi connectivity index (χ0n) is 6.12. The third-order valence-corrected chi connectivity index (χ3v) is 2.50. The van der Waals surface area contributed by atoms with Crippen LogP contribution in [0.1, 0.15) is 6.92 Å². The molecule has 0 atom stereocenters. The predicted molar refractivity (Wildman–Crippen MR) is 54.8 cm³/mol. The Kier molecular flexibility index (Phi) is 3.40. The van der Waals surface area contributed by atoms with Crippen LogP contribution in [0.5, 0.6) is 0 Å². The van der Waals surface area contributed by atoms with Gasteiger partial charge < -0.3 is 5.32 Å². The molecule has 0 bridgehead atoms. The van der Waals surface area contributed by atoms with Crippen LogP contribution in [0, 0.1) is 6.07 Å². The summed E-state index contributed by atoms with van der Waals surface area (Å²) >= 11 is 6.85. The van der Waals surface area contributed by atoms with Gasteiger partial charge in [-0.3, -0.25) is 0 Å². The number of nitrogens with one attached hydrogen (secondary N) is 1. The molecule has 0 aromatic heterocycles. The summed E-state index contributed by atoms with van der Waals surface area (Å²) in [7, 11) is 0. The lowest BCUT2D eigenvalue weighted by Crippen LogP contribution is -1.97. The minimum Gasteiger partial charge on any atom is -0.383 e. The first kappa shape index (κ1) is 9.07. The first-order valence-electron chi connectivity index (χ1n) is 3.34. The normalized spacial score (nSPS) is 9.73. The van der Waals surface area contributed by atoms with Crippen molar-refractivity contribution in [2.45, 2.75) is 6.92 Å². The van der Waals surface area contributed by atoms with Crippen molar-refractivity contribution in [2.24, 2.45) is 0 Å². The molecule has 59 valence electrons. The van der Waals surface area contributed by atoms with E-state index in [0.717, 1.165) is 21.2 Å². The van der Waals surface area contributed by atoms with Gasteiger partial charge in [-0.2, -0.15) is 0 Å². The Morgan fingerprint density at radius 2 is 1.91 bits per heavy atom. The molecule has 0 aliphatic rings. The van der Waals surface area contributed by atoms with E-state index < -0.39 is 0 Å². The van der Waals surface area contributed by atoms with Crippen molar-refractivity contribution in [2.75, 3.05) is 11.9 Å². The molecule has 3 heteroatoms. The maximum absolute atomic E-state index is 3.42. The Balaban J connectivity index is 3.00. The predicted octanol–water partition coefficient (Wildman–Crippen LogP) is 3.44. The minimum absolute atomic E-state index is 0.918. The van der Waals surface area contributed by atoms with Gasteiger partial charge in [0.2, 0.25) is 0 Å². The second kappa shape index (κ2) is 4.12. The van der Waals surface area contributed by atoms with E-state index in [1.165, 1.54) is 0 Å². The Labute approximate surface area is 83.4 Å². The quantitative estimate of drug-likeness (QED) is 0.873. The summed E-state index contributed by atoms with van der Waals surface area (Å²) in [4.78, 5) is 0. The maximum atomic E-state index is 3.42. The molecule has 0 heterocycles. The summed E-state index contributed by atoms with van der Waals surface area (Å²) in [6.07, 6.45) is 0. The van der Waals surface area contributed by atoms with Crippen LogP contribution < -0.4 is 5.32 Å². The van der Waals surface area contributed by atoms with Crippen molar-refractivity contribution >= 4 is 37.5 Å². The van der Waals surface area contributed by atoms with E-state index in [4.69, 9.17) is 0 Å². The highest BCUT2D eigenvalue weighted by atomic mass is 79.9. The summed E-state index contributed by atoms with van der Waals surface area (Å²) in [5.74, 6) is 0. The Hall–Kier alpha value is -0.0200. The molecule has 11 heavy (non-hydrogen) atoms. The molecule has 1 aromatic carbocycles. The maximum Gasteiger partial charge on any atom is 0.0629 e. The van der Waals surface area contributed by atoms with Crippen LogP contribution in [0.3, 0.4) is 0 Å². The number of hydrogen-bond donors (Lipinski definition) is 1. The van der Waals surface area contributed by atoms with Crippen molar-refractivity contribution in [3.8, 4) is 0 Å². The van der Waals surface area contributed by atoms with Gasteiger partial charge in [-0.05, 0) is 57.0 Å². The van der Waals surface area contributed by atoms with Gasteiger partial charge in [-0.15, -0.1) is 0 Å². The zero-order valence-corrected chi connectivity index (χ0v) is 9.29. The van der Waals surface area contributed by atoms with Gasteiger partial charge in [-0.25, -0.2) is 0 Å². The van der Waals surface area contributed by atoms with Crippen molar-refractivity contribution in [3.63, 3.8) is 0 Å². The number of benzene rings is 1. The molecule has 0 spiro atoms. The van der Waals surface area contributed by atoms with Crippen LogP contribution in [0.2, 0.25) is 0 Å². The minimum atomic E-state index is 0.918. The molecule has 1 rings (SSSR count). The van der Waals surface area contributed by atoms with Crippen LogP contribution >= 0.6 is 31.9 Å². The average molecular weight is 278 g/mol. The molecule has 1 radical (unpaired) electrons. The molecule has 0 saturated heterocycles. The van der Waals surface area contributed by atoms with Gasteiger partial charge in [0.15, 0.2) is 0 Å². The van der Waals surface area contributed by atoms with E-state index in [-0.39, 0.29) is 0 Å². The molecule has 0 saturated carbocycles. The third kappa shape index (κ3) is 2.20. The van der Waals surface area contributed by atoms with Crippen molar-refractivity contribution in [1.29, 1.82) is 0 Å². The van der Waals surface area contributed by atoms with Gasteiger partial charge in [-0.1, -0.05) is 0 Å². The number of hydrogen-bond acceptors (Lipinski definition) is 1. The molecule has 0 unspecified atom stereocenters. The fourth-order valence-electron chi connectivity index (χ4n) is 0.792. The fraction of sp³-hybridized carbons (Fsp3) is 0.250. The topological polar surface area (TPSA) is 12.0 Å². The summed E-state index contributed by atoms with van der Waals surface area (Å²) in [6, 6.07) is 6.78. The molecular weight excluding hydrogens is 270 g/mol. The highest BCUT2D eigenvalue weighted by molar-refractivity contribution is 9.11. The first-order valence-corrected chi connectivity index (χ1v) is 4.93. The molecule has 0 fully saturated rings. The molecule has 1 aromatic rings. The lowest BCUT2D eigenvalue weighted by molar-refractivity contribution is 1.20. The second-order valence-corrected chi connectivity index (χ2v) is 3.77. The lowest BCUT2D eigenvalue weighted by Gasteiger charge is -2.07. The highest BCUT2D eigenvalue weighted by Crippen LogP contribution is 2.29. The summed E-state index contributed by atoms with van der Waals surface area (Å²) in [5, 5.41) is 3.23. The number of rotatable bonds is 2. The standard InChI is InChI=1S/C8H8Br2N/c1-2-11-8-6(9)4-3-5-7(8)10/h4-5,11H,2H2,1H3. The van der Waals surface area contributed by atoms with Crippen molar-refractivity contribution < 1.29 is 0 Å². The largest absolute Gasteiger partial charge is 0.383 e. The van der Waals surface area contributed by atoms with Crippen LogP contribution in [-0.4, -0.2) is 6.54 Å². The molecule has 0 amide bonds. The third-order valence-electron chi connectivity index (χ3n) is 1.25. The van der Waals surface area contributed by atoms with Crippen LogP contribution in [-0.2, 0) is 0 Å². The Morgan fingerprint density at radius 3 is 2.36 bits per heavy atom. The molecule has 1 N–H and O–H groups in total. The average Bonchev–Trinajstić information content (AvgIpc) is 1.97. The van der Waals surface area contributed by atoms with Crippen molar-refractivity contribution in [1.82, 2.24) is 0 Å². The zero-order chi connectivity index (χ0) is 8.27. The summed E-state index contributed by atoms with van der Waals surface area (Å²) < 4.78 is 2.07. The SMILES string of the molecule is CCNc1c(Br)c[c]cc1Br. The van der Waals surface area contributed by atoms with Gasteiger partial charge >= 0.3 is 0 Å². The highest BCUT2D eigenvalue weighted by Gasteiger charge is 2.01. The monoisotopic (exact) mass is 276 g/mol. The second-order valence-electron chi connectivity index (χ2n) is 2.06. The van der Waals surface area contributed by atoms with E-state index in [2.05, 4.69) is 50.2 Å². The lowest BCUT2D eigenvalue weighted by atomic mass is 10.3. The van der Waals surface area contributed by atoms with E-state index in [9.17, 15) is 0 Å². The summed E-state index contributed by atoms with van der Waals surface area (Å²) in [6.45, 7) is 2.98. The summed E-state index contributed by atoms with van der Waals surface area (Å²) in [5.41, 5.74) is 1.09. The molecule has 0 aliphatic carbocycles. The Bertz CT molecular complexity index is 228. The van der Waals surface area contributed by atoms with Crippen LogP contribution in [0.25, 0.3) is 0 Å². The smallest absolute Gasteiger partial charge is 0.0629 e. The molecule has 0 aliphatic heterocycles. The van der Waals surface area contributed by atoms with Gasteiger partial charge in [0.05, 0.1) is 5.69 Å². The van der Waals surface area contributed by atoms with Crippen LogP contribution in [0.15, 0.2) is 21.1 Å². The van der Waals surface area contributed by atoms with Crippen LogP contribution in [0.4, 0.5) is 5.69 Å². The Morgan fingerprint density at radius 1 is 1.36 bits per heavy atom. The van der Waals surface area contributed by atoms with Gasteiger partial charge in [0.25, 0.3) is 0 Å². The van der Waals surface area contributed by atoms with Gasteiger partial charge in [0.1, 0.15) is 0 Å². The van der Waals surface area contributed by atoms with E-state index >= 15 is 0 Å². The van der Waals surface area contributed by atoms with Gasteiger partial charge in [0, 0.05) is 15.5 Å². The van der Waals surface area contributed by atoms with E-state index in [1.807, 2.05) is 12.1 Å². The van der Waals surface area contributed by atoms with Crippen molar-refractivity contribution in [3.05, 3.63) is 27.1 Å². The number of halogens is 2. The van der Waals surface area contributed by atoms with E-state index in [0.29, 0.717) is 0 Å².